The Hall–Kier alpha value is -3.65. The number of hydrogen-bond acceptors (Lipinski definition) is 6. The van der Waals surface area contributed by atoms with Crippen LogP contribution < -0.4 is 10.1 Å². The van der Waals surface area contributed by atoms with Gasteiger partial charge in [-0.05, 0) is 64.7 Å². The number of carbonyl (C=O) groups is 1. The molecule has 1 amide bonds. The first kappa shape index (κ1) is 22.5. The Morgan fingerprint density at radius 1 is 1.06 bits per heavy atom. The van der Waals surface area contributed by atoms with E-state index in [1.807, 2.05) is 86.6 Å². The number of nitrogens with one attached hydrogen (secondary N) is 1. The number of aryl methyl sites for hydroxylation is 2. The van der Waals surface area contributed by atoms with Crippen LogP contribution in [0.3, 0.4) is 0 Å². The maximum atomic E-state index is 13.4. The van der Waals surface area contributed by atoms with E-state index in [0.29, 0.717) is 11.7 Å². The zero-order valence-corrected chi connectivity index (χ0v) is 19.5. The minimum atomic E-state index is -0.522. The summed E-state index contributed by atoms with van der Waals surface area (Å²) in [6.45, 7) is 4.47. The number of benzene rings is 3. The molecule has 1 atom stereocenters. The quantitative estimate of drug-likeness (QED) is 0.381. The number of carbonyl (C=O) groups excluding carboxylic acids is 1. The first-order valence-electron chi connectivity index (χ1n) is 10.5. The van der Waals surface area contributed by atoms with E-state index < -0.39 is 5.25 Å². The third kappa shape index (κ3) is 5.59. The fraction of sp³-hybridized carbons (Fsp3) is 0.200. The number of tetrazole rings is 1. The van der Waals surface area contributed by atoms with E-state index in [1.165, 1.54) is 11.8 Å². The Balaban J connectivity index is 1.58. The van der Waals surface area contributed by atoms with E-state index in [2.05, 4.69) is 20.8 Å². The molecule has 0 bridgehead atoms. The predicted octanol–water partition coefficient (Wildman–Crippen LogP) is 4.82. The normalized spacial score (nSPS) is 11.7. The van der Waals surface area contributed by atoms with Gasteiger partial charge in [0.15, 0.2) is 0 Å². The van der Waals surface area contributed by atoms with Crippen molar-refractivity contribution in [3.05, 3.63) is 95.1 Å². The minimum absolute atomic E-state index is 0.126. The predicted molar refractivity (Wildman–Crippen MR) is 129 cm³/mol. The van der Waals surface area contributed by atoms with Gasteiger partial charge in [-0.1, -0.05) is 66.4 Å². The molecule has 0 aliphatic rings. The lowest BCUT2D eigenvalue weighted by Gasteiger charge is -2.18. The Morgan fingerprint density at radius 3 is 2.55 bits per heavy atom. The fourth-order valence-electron chi connectivity index (χ4n) is 3.36. The zero-order valence-electron chi connectivity index (χ0n) is 18.7. The van der Waals surface area contributed by atoms with Crippen LogP contribution in [0, 0.1) is 13.8 Å². The van der Waals surface area contributed by atoms with Crippen LogP contribution in [0.25, 0.3) is 0 Å². The fourth-order valence-corrected chi connectivity index (χ4v) is 4.34. The molecule has 0 fully saturated rings. The number of thioether (sulfide) groups is 1. The van der Waals surface area contributed by atoms with Gasteiger partial charge < -0.3 is 10.1 Å². The molecule has 168 valence electrons. The SMILES string of the molecule is COc1ccc(Cn2nnnc2SC(C(=O)Nc2cc(C)ccc2C)c2ccccc2)cc1. The monoisotopic (exact) mass is 459 g/mol. The Labute approximate surface area is 197 Å². The number of rotatable bonds is 8. The topological polar surface area (TPSA) is 81.9 Å². The van der Waals surface area contributed by atoms with E-state index in [-0.39, 0.29) is 5.91 Å². The standard InChI is InChI=1S/C25H25N5O2S/c1-17-9-10-18(2)22(15-17)26-24(31)23(20-7-5-4-6-8-20)33-25-27-28-29-30(25)16-19-11-13-21(32-3)14-12-19/h4-15,23H,16H2,1-3H3,(H,26,31). The summed E-state index contributed by atoms with van der Waals surface area (Å²) in [5.41, 5.74) is 4.81. The van der Waals surface area contributed by atoms with Crippen molar-refractivity contribution < 1.29 is 9.53 Å². The van der Waals surface area contributed by atoms with E-state index >= 15 is 0 Å². The molecule has 7 nitrogen and oxygen atoms in total. The van der Waals surface area contributed by atoms with Gasteiger partial charge in [0, 0.05) is 5.69 Å². The van der Waals surface area contributed by atoms with Crippen molar-refractivity contribution in [2.45, 2.75) is 30.8 Å². The molecule has 1 N–H and O–H groups in total. The molecule has 4 rings (SSSR count). The van der Waals surface area contributed by atoms with Crippen LogP contribution in [0.5, 0.6) is 5.75 Å². The first-order chi connectivity index (χ1) is 16.0. The van der Waals surface area contributed by atoms with Gasteiger partial charge in [-0.2, -0.15) is 0 Å². The Bertz CT molecular complexity index is 1230. The molecule has 0 saturated carbocycles. The molecule has 1 heterocycles. The third-order valence-corrected chi connectivity index (χ3v) is 6.43. The van der Waals surface area contributed by atoms with Crippen molar-refractivity contribution in [3.63, 3.8) is 0 Å². The van der Waals surface area contributed by atoms with Gasteiger partial charge in [0.05, 0.1) is 13.7 Å². The van der Waals surface area contributed by atoms with Crippen molar-refractivity contribution in [3.8, 4) is 5.75 Å². The molecule has 0 aliphatic carbocycles. The number of ether oxygens (including phenoxy) is 1. The van der Waals surface area contributed by atoms with Gasteiger partial charge >= 0.3 is 0 Å². The molecule has 1 aromatic heterocycles. The molecule has 3 aromatic carbocycles. The summed E-state index contributed by atoms with van der Waals surface area (Å²) in [5.74, 6) is 0.663. The van der Waals surface area contributed by atoms with Crippen molar-refractivity contribution in [2.24, 2.45) is 0 Å². The number of hydrogen-bond donors (Lipinski definition) is 1. The van der Waals surface area contributed by atoms with Crippen LogP contribution >= 0.6 is 11.8 Å². The lowest BCUT2D eigenvalue weighted by atomic mass is 10.1. The lowest BCUT2D eigenvalue weighted by Crippen LogP contribution is -2.20. The van der Waals surface area contributed by atoms with Crippen LogP contribution in [0.2, 0.25) is 0 Å². The number of amides is 1. The van der Waals surface area contributed by atoms with Crippen LogP contribution in [0.1, 0.15) is 27.5 Å². The number of methoxy groups -OCH3 is 1. The second-order valence-electron chi connectivity index (χ2n) is 7.68. The zero-order chi connectivity index (χ0) is 23.2. The van der Waals surface area contributed by atoms with Crippen LogP contribution in [0.15, 0.2) is 78.0 Å². The molecule has 8 heteroatoms. The minimum Gasteiger partial charge on any atom is -0.497 e. The summed E-state index contributed by atoms with van der Waals surface area (Å²) in [6.07, 6.45) is 0. The van der Waals surface area contributed by atoms with Crippen LogP contribution in [0.4, 0.5) is 5.69 Å². The highest BCUT2D eigenvalue weighted by Gasteiger charge is 2.25. The van der Waals surface area contributed by atoms with Crippen LogP contribution in [-0.2, 0) is 11.3 Å². The van der Waals surface area contributed by atoms with E-state index in [4.69, 9.17) is 4.74 Å². The Morgan fingerprint density at radius 2 is 1.82 bits per heavy atom. The highest BCUT2D eigenvalue weighted by atomic mass is 32.2. The third-order valence-electron chi connectivity index (χ3n) is 5.21. The van der Waals surface area contributed by atoms with Gasteiger partial charge in [-0.25, -0.2) is 4.68 Å². The van der Waals surface area contributed by atoms with Gasteiger partial charge in [-0.15, -0.1) is 5.10 Å². The maximum Gasteiger partial charge on any atom is 0.242 e. The molecule has 0 aliphatic heterocycles. The summed E-state index contributed by atoms with van der Waals surface area (Å²) in [7, 11) is 1.64. The summed E-state index contributed by atoms with van der Waals surface area (Å²) in [5, 5.41) is 15.3. The Kier molecular flexibility index (Phi) is 7.04. The average molecular weight is 460 g/mol. The maximum absolute atomic E-state index is 13.4. The first-order valence-corrected chi connectivity index (χ1v) is 11.4. The van der Waals surface area contributed by atoms with Crippen molar-refractivity contribution in [2.75, 3.05) is 12.4 Å². The van der Waals surface area contributed by atoms with Gasteiger partial charge in [-0.3, -0.25) is 4.79 Å². The molecule has 4 aromatic rings. The smallest absolute Gasteiger partial charge is 0.242 e. The van der Waals surface area contributed by atoms with Crippen LogP contribution in [-0.4, -0.2) is 33.2 Å². The van der Waals surface area contributed by atoms with Crippen molar-refractivity contribution in [1.82, 2.24) is 20.2 Å². The molecule has 1 unspecified atom stereocenters. The molecule has 0 saturated heterocycles. The second kappa shape index (κ2) is 10.3. The average Bonchev–Trinajstić information content (AvgIpc) is 3.27. The van der Waals surface area contributed by atoms with E-state index in [0.717, 1.165) is 33.7 Å². The summed E-state index contributed by atoms with van der Waals surface area (Å²) >= 11 is 1.33. The summed E-state index contributed by atoms with van der Waals surface area (Å²) in [4.78, 5) is 13.4. The van der Waals surface area contributed by atoms with E-state index in [9.17, 15) is 4.79 Å². The molecule has 0 spiro atoms. The van der Waals surface area contributed by atoms with E-state index in [1.54, 1.807) is 11.8 Å². The van der Waals surface area contributed by atoms with Crippen molar-refractivity contribution >= 4 is 23.4 Å². The highest BCUT2D eigenvalue weighted by molar-refractivity contribution is 8.00. The number of aromatic nitrogens is 4. The van der Waals surface area contributed by atoms with Crippen molar-refractivity contribution in [1.29, 1.82) is 0 Å². The largest absolute Gasteiger partial charge is 0.497 e. The summed E-state index contributed by atoms with van der Waals surface area (Å²) < 4.78 is 6.93. The second-order valence-corrected chi connectivity index (χ2v) is 8.76. The van der Waals surface area contributed by atoms with Gasteiger partial charge in [0.25, 0.3) is 0 Å². The number of nitrogens with zero attached hydrogens (tertiary/aromatic N) is 4. The van der Waals surface area contributed by atoms with Gasteiger partial charge in [0.2, 0.25) is 11.1 Å². The number of anilines is 1. The molecule has 33 heavy (non-hydrogen) atoms. The summed E-state index contributed by atoms with van der Waals surface area (Å²) in [6, 6.07) is 23.4. The molecular formula is C25H25N5O2S. The molecule has 0 radical (unpaired) electrons. The van der Waals surface area contributed by atoms with Gasteiger partial charge in [0.1, 0.15) is 11.0 Å². The molecular weight excluding hydrogens is 434 g/mol. The highest BCUT2D eigenvalue weighted by Crippen LogP contribution is 2.35. The lowest BCUT2D eigenvalue weighted by molar-refractivity contribution is -0.115.